The zero-order valence-corrected chi connectivity index (χ0v) is 12.8. The van der Waals surface area contributed by atoms with Gasteiger partial charge in [0, 0.05) is 31.2 Å². The van der Waals surface area contributed by atoms with Gasteiger partial charge in [0.1, 0.15) is 0 Å². The Labute approximate surface area is 118 Å². The van der Waals surface area contributed by atoms with Crippen LogP contribution in [0.25, 0.3) is 0 Å². The SMILES string of the molecule is CCCC1CN(C(C)c2ccccc2C)C(C)CN1. The summed E-state index contributed by atoms with van der Waals surface area (Å²) in [5.74, 6) is 0. The lowest BCUT2D eigenvalue weighted by Crippen LogP contribution is -2.55. The Bertz CT molecular complexity index is 402. The Morgan fingerprint density at radius 2 is 2.11 bits per heavy atom. The minimum atomic E-state index is 0.512. The van der Waals surface area contributed by atoms with E-state index >= 15 is 0 Å². The monoisotopic (exact) mass is 260 g/mol. The lowest BCUT2D eigenvalue weighted by atomic mass is 9.97. The summed E-state index contributed by atoms with van der Waals surface area (Å²) in [6.45, 7) is 11.5. The van der Waals surface area contributed by atoms with Gasteiger partial charge in [0.2, 0.25) is 0 Å². The smallest absolute Gasteiger partial charge is 0.0326 e. The molecule has 0 saturated carbocycles. The highest BCUT2D eigenvalue weighted by Crippen LogP contribution is 2.27. The second kappa shape index (κ2) is 6.53. The molecule has 2 rings (SSSR count). The van der Waals surface area contributed by atoms with Crippen LogP contribution in [-0.2, 0) is 0 Å². The van der Waals surface area contributed by atoms with Gasteiger partial charge in [0.05, 0.1) is 0 Å². The number of aryl methyl sites for hydroxylation is 1. The first-order valence-corrected chi connectivity index (χ1v) is 7.68. The Morgan fingerprint density at radius 3 is 2.79 bits per heavy atom. The molecule has 1 N–H and O–H groups in total. The fourth-order valence-electron chi connectivity index (χ4n) is 3.27. The Balaban J connectivity index is 2.12. The molecule has 0 spiro atoms. The Kier molecular flexibility index (Phi) is 5.00. The zero-order chi connectivity index (χ0) is 13.8. The van der Waals surface area contributed by atoms with E-state index in [0.29, 0.717) is 18.1 Å². The number of nitrogens with zero attached hydrogens (tertiary/aromatic N) is 1. The quantitative estimate of drug-likeness (QED) is 0.891. The summed E-state index contributed by atoms with van der Waals surface area (Å²) in [6, 6.07) is 10.6. The van der Waals surface area contributed by atoms with Crippen LogP contribution < -0.4 is 5.32 Å². The minimum absolute atomic E-state index is 0.512. The molecule has 1 fully saturated rings. The van der Waals surface area contributed by atoms with Crippen LogP contribution in [-0.4, -0.2) is 30.1 Å². The fourth-order valence-corrected chi connectivity index (χ4v) is 3.27. The van der Waals surface area contributed by atoms with Gasteiger partial charge in [-0.1, -0.05) is 37.6 Å². The summed E-state index contributed by atoms with van der Waals surface area (Å²) in [4.78, 5) is 2.67. The zero-order valence-electron chi connectivity index (χ0n) is 12.8. The van der Waals surface area contributed by atoms with E-state index in [-0.39, 0.29) is 0 Å². The summed E-state index contributed by atoms with van der Waals surface area (Å²) < 4.78 is 0. The number of benzene rings is 1. The van der Waals surface area contributed by atoms with Crippen LogP contribution in [0.4, 0.5) is 0 Å². The third-order valence-electron chi connectivity index (χ3n) is 4.47. The van der Waals surface area contributed by atoms with E-state index in [0.717, 1.165) is 6.54 Å². The van der Waals surface area contributed by atoms with Crippen LogP contribution in [0.15, 0.2) is 24.3 Å². The van der Waals surface area contributed by atoms with Crippen molar-refractivity contribution < 1.29 is 0 Å². The molecule has 0 radical (unpaired) electrons. The second-order valence-corrected chi connectivity index (χ2v) is 5.97. The van der Waals surface area contributed by atoms with Crippen molar-refractivity contribution in [3.05, 3.63) is 35.4 Å². The van der Waals surface area contributed by atoms with Crippen LogP contribution in [0.2, 0.25) is 0 Å². The molecule has 1 aliphatic rings. The first-order valence-electron chi connectivity index (χ1n) is 7.68. The first-order chi connectivity index (χ1) is 9.13. The summed E-state index contributed by atoms with van der Waals surface area (Å²) in [5.41, 5.74) is 2.89. The van der Waals surface area contributed by atoms with E-state index in [1.165, 1.54) is 30.5 Å². The van der Waals surface area contributed by atoms with E-state index < -0.39 is 0 Å². The van der Waals surface area contributed by atoms with E-state index in [4.69, 9.17) is 0 Å². The van der Waals surface area contributed by atoms with Crippen LogP contribution in [0.5, 0.6) is 0 Å². The van der Waals surface area contributed by atoms with E-state index in [9.17, 15) is 0 Å². The number of nitrogens with one attached hydrogen (secondary N) is 1. The maximum absolute atomic E-state index is 3.68. The van der Waals surface area contributed by atoms with E-state index in [1.54, 1.807) is 0 Å². The molecule has 1 aromatic rings. The fraction of sp³-hybridized carbons (Fsp3) is 0.647. The van der Waals surface area contributed by atoms with Crippen molar-refractivity contribution in [3.8, 4) is 0 Å². The van der Waals surface area contributed by atoms with Gasteiger partial charge in [-0.05, 0) is 38.3 Å². The van der Waals surface area contributed by atoms with Gasteiger partial charge in [-0.2, -0.15) is 0 Å². The standard InChI is InChI=1S/C17H28N2/c1-5-8-16-12-19(14(3)11-18-16)15(4)17-10-7-6-9-13(17)2/h6-7,9-10,14-16,18H,5,8,11-12H2,1-4H3. The number of hydrogen-bond donors (Lipinski definition) is 1. The minimum Gasteiger partial charge on any atom is -0.311 e. The Hall–Kier alpha value is -0.860. The topological polar surface area (TPSA) is 15.3 Å². The normalized spacial score (nSPS) is 26.3. The molecule has 2 heteroatoms. The first kappa shape index (κ1) is 14.5. The molecule has 3 unspecified atom stereocenters. The highest BCUT2D eigenvalue weighted by molar-refractivity contribution is 5.28. The molecule has 0 aliphatic carbocycles. The van der Waals surface area contributed by atoms with Crippen molar-refractivity contribution in [2.24, 2.45) is 0 Å². The predicted molar refractivity (Wildman–Crippen MR) is 82.5 cm³/mol. The number of hydrogen-bond acceptors (Lipinski definition) is 2. The van der Waals surface area contributed by atoms with Gasteiger partial charge in [-0.15, -0.1) is 0 Å². The van der Waals surface area contributed by atoms with Crippen molar-refractivity contribution >= 4 is 0 Å². The maximum atomic E-state index is 3.68. The molecule has 1 aromatic carbocycles. The van der Waals surface area contributed by atoms with E-state index in [1.807, 2.05) is 0 Å². The molecule has 3 atom stereocenters. The molecule has 106 valence electrons. The van der Waals surface area contributed by atoms with Gasteiger partial charge in [0.25, 0.3) is 0 Å². The van der Waals surface area contributed by atoms with Gasteiger partial charge in [-0.25, -0.2) is 0 Å². The molecule has 1 saturated heterocycles. The van der Waals surface area contributed by atoms with Crippen molar-refractivity contribution in [2.75, 3.05) is 13.1 Å². The molecule has 19 heavy (non-hydrogen) atoms. The van der Waals surface area contributed by atoms with Crippen molar-refractivity contribution in [1.29, 1.82) is 0 Å². The van der Waals surface area contributed by atoms with Gasteiger partial charge >= 0.3 is 0 Å². The molecule has 0 aromatic heterocycles. The lowest BCUT2D eigenvalue weighted by molar-refractivity contribution is 0.0956. The average Bonchev–Trinajstić information content (AvgIpc) is 2.41. The van der Waals surface area contributed by atoms with Crippen molar-refractivity contribution in [2.45, 2.75) is 58.7 Å². The molecule has 0 amide bonds. The molecule has 1 heterocycles. The molecular weight excluding hydrogens is 232 g/mol. The van der Waals surface area contributed by atoms with Crippen LogP contribution in [0.3, 0.4) is 0 Å². The van der Waals surface area contributed by atoms with Crippen LogP contribution in [0, 0.1) is 6.92 Å². The average molecular weight is 260 g/mol. The van der Waals surface area contributed by atoms with Gasteiger partial charge in [0.15, 0.2) is 0 Å². The second-order valence-electron chi connectivity index (χ2n) is 5.97. The summed E-state index contributed by atoms with van der Waals surface area (Å²) in [6.07, 6.45) is 2.54. The van der Waals surface area contributed by atoms with E-state index in [2.05, 4.69) is 62.2 Å². The largest absolute Gasteiger partial charge is 0.311 e. The van der Waals surface area contributed by atoms with Gasteiger partial charge < -0.3 is 5.32 Å². The summed E-state index contributed by atoms with van der Waals surface area (Å²) >= 11 is 0. The van der Waals surface area contributed by atoms with Crippen LogP contribution >= 0.6 is 0 Å². The summed E-state index contributed by atoms with van der Waals surface area (Å²) in [5, 5.41) is 3.68. The summed E-state index contributed by atoms with van der Waals surface area (Å²) in [7, 11) is 0. The highest BCUT2D eigenvalue weighted by Gasteiger charge is 2.28. The lowest BCUT2D eigenvalue weighted by Gasteiger charge is -2.43. The highest BCUT2D eigenvalue weighted by atomic mass is 15.2. The third kappa shape index (κ3) is 3.37. The molecule has 2 nitrogen and oxygen atoms in total. The molecule has 1 aliphatic heterocycles. The number of rotatable bonds is 4. The van der Waals surface area contributed by atoms with Crippen molar-refractivity contribution in [1.82, 2.24) is 10.2 Å². The maximum Gasteiger partial charge on any atom is 0.0326 e. The Morgan fingerprint density at radius 1 is 1.37 bits per heavy atom. The molecule has 0 bridgehead atoms. The predicted octanol–water partition coefficient (Wildman–Crippen LogP) is 3.52. The molecular formula is C17H28N2. The van der Waals surface area contributed by atoms with Crippen LogP contribution in [0.1, 0.15) is 50.8 Å². The third-order valence-corrected chi connectivity index (χ3v) is 4.47. The number of piperazine rings is 1. The van der Waals surface area contributed by atoms with Crippen molar-refractivity contribution in [3.63, 3.8) is 0 Å². The van der Waals surface area contributed by atoms with Gasteiger partial charge in [-0.3, -0.25) is 4.90 Å².